The van der Waals surface area contributed by atoms with E-state index in [1.165, 1.54) is 0 Å². The lowest BCUT2D eigenvalue weighted by Crippen LogP contribution is -2.25. The van der Waals surface area contributed by atoms with Gasteiger partial charge in [-0.15, -0.1) is 0 Å². The van der Waals surface area contributed by atoms with Crippen molar-refractivity contribution in [1.29, 1.82) is 0 Å². The zero-order valence-electron chi connectivity index (χ0n) is 17.0. The van der Waals surface area contributed by atoms with Crippen LogP contribution in [-0.4, -0.2) is 45.7 Å². The molecule has 1 atom stereocenters. The lowest BCUT2D eigenvalue weighted by Gasteiger charge is -2.15. The maximum atomic E-state index is 11.5. The van der Waals surface area contributed by atoms with Crippen LogP contribution in [0.1, 0.15) is 42.8 Å². The molecule has 5 rings (SSSR count). The van der Waals surface area contributed by atoms with Crippen LogP contribution in [0, 0.1) is 6.92 Å². The fourth-order valence-electron chi connectivity index (χ4n) is 3.36. The average Bonchev–Trinajstić information content (AvgIpc) is 3.37. The van der Waals surface area contributed by atoms with E-state index in [1.807, 2.05) is 26.0 Å². The third kappa shape index (κ3) is 3.77. The first kappa shape index (κ1) is 19.0. The SMILES string of the molecule is Cc1cccnc1C(C)Nc1nc(=NC2CC2)n2nc/c(=C/c3[nH]c(=O)[nH]c3O)c2n1. The van der Waals surface area contributed by atoms with Crippen molar-refractivity contribution in [3.05, 3.63) is 62.8 Å². The van der Waals surface area contributed by atoms with Crippen molar-refractivity contribution in [3.8, 4) is 5.88 Å². The summed E-state index contributed by atoms with van der Waals surface area (Å²) in [7, 11) is 0. The van der Waals surface area contributed by atoms with Gasteiger partial charge in [0.25, 0.3) is 5.62 Å². The van der Waals surface area contributed by atoms with E-state index in [1.54, 1.807) is 23.0 Å². The zero-order chi connectivity index (χ0) is 21.5. The smallest absolute Gasteiger partial charge is 0.326 e. The highest BCUT2D eigenvalue weighted by molar-refractivity contribution is 5.57. The molecule has 1 unspecified atom stereocenters. The van der Waals surface area contributed by atoms with E-state index >= 15 is 0 Å². The topological polar surface area (TPSA) is 149 Å². The number of hydrogen-bond acceptors (Lipinski definition) is 8. The standard InChI is InChI=1S/C20H21N9O2/c1-10-4-3-7-21-15(10)11(2)23-18-26-16-12(8-14-17(30)27-20(31)25-14)9-22-29(16)19(28-18)24-13-5-6-13/h3-4,7-9,11,13,30H,5-6H2,1-2H3,(H,23,24,28)(H2,25,27,31)/b12-8-. The molecule has 0 amide bonds. The van der Waals surface area contributed by atoms with E-state index in [-0.39, 0.29) is 23.7 Å². The molecule has 1 saturated carbocycles. The van der Waals surface area contributed by atoms with Crippen LogP contribution in [0.3, 0.4) is 0 Å². The molecule has 31 heavy (non-hydrogen) atoms. The molecule has 0 bridgehead atoms. The number of anilines is 1. The lowest BCUT2D eigenvalue weighted by atomic mass is 10.1. The number of aromatic amines is 2. The Balaban J connectivity index is 1.63. The molecule has 0 aliphatic heterocycles. The fraction of sp³-hybridized carbons (Fsp3) is 0.300. The molecule has 0 saturated heterocycles. The van der Waals surface area contributed by atoms with E-state index in [0.29, 0.717) is 22.4 Å². The van der Waals surface area contributed by atoms with Crippen molar-refractivity contribution in [3.63, 3.8) is 0 Å². The lowest BCUT2D eigenvalue weighted by molar-refractivity contribution is 0.454. The number of H-pyrrole nitrogens is 2. The molecule has 1 fully saturated rings. The number of pyridine rings is 1. The van der Waals surface area contributed by atoms with E-state index in [9.17, 15) is 9.90 Å². The molecule has 0 spiro atoms. The average molecular weight is 419 g/mol. The minimum atomic E-state index is -0.499. The van der Waals surface area contributed by atoms with E-state index < -0.39 is 5.69 Å². The highest BCUT2D eigenvalue weighted by Gasteiger charge is 2.21. The van der Waals surface area contributed by atoms with Crippen LogP contribution in [0.15, 0.2) is 34.3 Å². The van der Waals surface area contributed by atoms with E-state index in [4.69, 9.17) is 0 Å². The van der Waals surface area contributed by atoms with Crippen LogP contribution in [0.5, 0.6) is 5.88 Å². The van der Waals surface area contributed by atoms with Crippen molar-refractivity contribution in [2.24, 2.45) is 4.99 Å². The first-order chi connectivity index (χ1) is 15.0. The van der Waals surface area contributed by atoms with Crippen LogP contribution >= 0.6 is 0 Å². The van der Waals surface area contributed by atoms with Gasteiger partial charge in [0, 0.05) is 11.4 Å². The number of nitrogens with zero attached hydrogens (tertiary/aromatic N) is 6. The molecule has 4 aromatic heterocycles. The Bertz CT molecular complexity index is 1450. The first-order valence-corrected chi connectivity index (χ1v) is 9.98. The minimum absolute atomic E-state index is 0.127. The van der Waals surface area contributed by atoms with Crippen LogP contribution in [0.2, 0.25) is 0 Å². The number of rotatable bonds is 5. The van der Waals surface area contributed by atoms with Gasteiger partial charge in [0.15, 0.2) is 5.65 Å². The summed E-state index contributed by atoms with van der Waals surface area (Å²) in [5.74, 6) is 0.144. The molecule has 1 aliphatic carbocycles. The summed E-state index contributed by atoms with van der Waals surface area (Å²) in [5.41, 5.74) is 2.67. The number of hydrogen-bond donors (Lipinski definition) is 4. The number of fused-ring (bicyclic) bond motifs is 1. The minimum Gasteiger partial charge on any atom is -0.493 e. The number of aryl methyl sites for hydroxylation is 1. The quantitative estimate of drug-likeness (QED) is 0.364. The fourth-order valence-corrected chi connectivity index (χ4v) is 3.36. The molecule has 11 heteroatoms. The second-order valence-electron chi connectivity index (χ2n) is 7.60. The largest absolute Gasteiger partial charge is 0.493 e. The van der Waals surface area contributed by atoms with Crippen molar-refractivity contribution in [2.75, 3.05) is 5.32 Å². The van der Waals surface area contributed by atoms with Gasteiger partial charge in [-0.05, 0) is 44.4 Å². The van der Waals surface area contributed by atoms with Gasteiger partial charge in [-0.1, -0.05) is 6.07 Å². The molecular weight excluding hydrogens is 398 g/mol. The highest BCUT2D eigenvalue weighted by atomic mass is 16.3. The molecule has 4 heterocycles. The van der Waals surface area contributed by atoms with Crippen LogP contribution in [0.25, 0.3) is 11.7 Å². The summed E-state index contributed by atoms with van der Waals surface area (Å²) < 4.78 is 1.56. The van der Waals surface area contributed by atoms with Gasteiger partial charge in [0.05, 0.1) is 24.0 Å². The highest BCUT2D eigenvalue weighted by Crippen LogP contribution is 2.22. The second kappa shape index (κ2) is 7.35. The Hall–Kier alpha value is -4.02. The Morgan fingerprint density at radius 2 is 2.19 bits per heavy atom. The number of nitrogens with one attached hydrogen (secondary N) is 3. The third-order valence-corrected chi connectivity index (χ3v) is 5.06. The van der Waals surface area contributed by atoms with Crippen molar-refractivity contribution in [2.45, 2.75) is 38.8 Å². The number of imidazole rings is 1. The van der Waals surface area contributed by atoms with Gasteiger partial charge < -0.3 is 15.4 Å². The molecular formula is C20H21N9O2. The van der Waals surface area contributed by atoms with Gasteiger partial charge in [-0.3, -0.25) is 9.97 Å². The summed E-state index contributed by atoms with van der Waals surface area (Å²) in [5, 5.41) is 18.2. The zero-order valence-corrected chi connectivity index (χ0v) is 17.0. The molecule has 4 aromatic rings. The van der Waals surface area contributed by atoms with Crippen LogP contribution in [-0.2, 0) is 0 Å². The summed E-state index contributed by atoms with van der Waals surface area (Å²) in [6.07, 6.45) is 7.00. The van der Waals surface area contributed by atoms with E-state index in [0.717, 1.165) is 24.1 Å². The molecule has 158 valence electrons. The molecule has 1 aliphatic rings. The van der Waals surface area contributed by atoms with Gasteiger partial charge in [-0.25, -0.2) is 9.79 Å². The monoisotopic (exact) mass is 419 g/mol. The summed E-state index contributed by atoms with van der Waals surface area (Å²) in [6, 6.07) is 4.02. The summed E-state index contributed by atoms with van der Waals surface area (Å²) in [6.45, 7) is 4.00. The summed E-state index contributed by atoms with van der Waals surface area (Å²) >= 11 is 0. The Kier molecular flexibility index (Phi) is 4.50. The maximum absolute atomic E-state index is 11.5. The predicted molar refractivity (Wildman–Crippen MR) is 112 cm³/mol. The van der Waals surface area contributed by atoms with Gasteiger partial charge >= 0.3 is 5.69 Å². The normalized spacial score (nSPS) is 16.2. The Morgan fingerprint density at radius 3 is 2.90 bits per heavy atom. The second-order valence-corrected chi connectivity index (χ2v) is 7.60. The predicted octanol–water partition coefficient (Wildman–Crippen LogP) is 0.334. The van der Waals surface area contributed by atoms with Gasteiger partial charge in [0.1, 0.15) is 5.69 Å². The van der Waals surface area contributed by atoms with Crippen molar-refractivity contribution < 1.29 is 5.11 Å². The van der Waals surface area contributed by atoms with Crippen LogP contribution < -0.4 is 21.8 Å². The summed E-state index contributed by atoms with van der Waals surface area (Å²) in [4.78, 5) is 34.6. The maximum Gasteiger partial charge on any atom is 0.326 e. The molecule has 0 radical (unpaired) electrons. The Morgan fingerprint density at radius 1 is 1.35 bits per heavy atom. The van der Waals surface area contributed by atoms with E-state index in [2.05, 4.69) is 40.3 Å². The van der Waals surface area contributed by atoms with Crippen molar-refractivity contribution >= 4 is 17.7 Å². The van der Waals surface area contributed by atoms with Gasteiger partial charge in [-0.2, -0.15) is 19.6 Å². The third-order valence-electron chi connectivity index (χ3n) is 5.06. The molecule has 11 nitrogen and oxygen atoms in total. The number of aromatic nitrogens is 7. The molecule has 0 aromatic carbocycles. The van der Waals surface area contributed by atoms with Gasteiger partial charge in [0.2, 0.25) is 11.8 Å². The molecule has 4 N–H and O–H groups in total. The number of aromatic hydroxyl groups is 1. The van der Waals surface area contributed by atoms with Crippen LogP contribution in [0.4, 0.5) is 5.95 Å². The first-order valence-electron chi connectivity index (χ1n) is 9.98. The Labute approximate surface area is 175 Å². The van der Waals surface area contributed by atoms with Crippen molar-refractivity contribution in [1.82, 2.24) is 34.5 Å².